The average Bonchev–Trinajstić information content (AvgIpc) is 2.29. The van der Waals surface area contributed by atoms with Crippen molar-refractivity contribution in [3.8, 4) is 0 Å². The van der Waals surface area contributed by atoms with Crippen LogP contribution in [-0.2, 0) is 4.79 Å². The highest BCUT2D eigenvalue weighted by molar-refractivity contribution is 9.10. The van der Waals surface area contributed by atoms with Crippen LogP contribution in [0.3, 0.4) is 0 Å². The first-order chi connectivity index (χ1) is 9.12. The number of carbonyl (C=O) groups is 2. The number of urea groups is 1. The first kappa shape index (κ1) is 16.4. The van der Waals surface area contributed by atoms with Gasteiger partial charge in [0.25, 0.3) is 0 Å². The van der Waals surface area contributed by atoms with Crippen molar-refractivity contribution < 1.29 is 19.1 Å². The second-order valence-corrected chi connectivity index (χ2v) is 6.03. The Morgan fingerprint density at radius 1 is 1.40 bits per heavy atom. The standard InChI is InChI=1S/C13H16BrFN2O3/c1-13(2,3)17(7-10(18)19)12(20)16-11-8(14)5-4-6-9(11)15/h4-6H,7H2,1-3H3,(H,16,20)(H,18,19). The van der Waals surface area contributed by atoms with Gasteiger partial charge >= 0.3 is 12.0 Å². The molecule has 0 saturated carbocycles. The number of carbonyl (C=O) groups excluding carboxylic acids is 1. The molecule has 1 aromatic rings. The molecule has 20 heavy (non-hydrogen) atoms. The fourth-order valence-electron chi connectivity index (χ4n) is 1.54. The summed E-state index contributed by atoms with van der Waals surface area (Å²) < 4.78 is 14.0. The van der Waals surface area contributed by atoms with E-state index in [0.717, 1.165) is 4.90 Å². The Kier molecular flexibility index (Phi) is 5.10. The van der Waals surface area contributed by atoms with Crippen molar-refractivity contribution in [3.63, 3.8) is 0 Å². The largest absolute Gasteiger partial charge is 0.480 e. The molecule has 7 heteroatoms. The molecule has 110 valence electrons. The Bertz CT molecular complexity index is 509. The summed E-state index contributed by atoms with van der Waals surface area (Å²) in [7, 11) is 0. The number of para-hydroxylation sites is 1. The zero-order chi connectivity index (χ0) is 15.5. The highest BCUT2D eigenvalue weighted by Crippen LogP contribution is 2.26. The lowest BCUT2D eigenvalue weighted by Gasteiger charge is -2.34. The Balaban J connectivity index is 3.00. The van der Waals surface area contributed by atoms with Crippen molar-refractivity contribution in [2.75, 3.05) is 11.9 Å². The molecule has 0 heterocycles. The third kappa shape index (κ3) is 4.19. The molecule has 0 bridgehead atoms. The van der Waals surface area contributed by atoms with Gasteiger partial charge in [0.05, 0.1) is 5.69 Å². The minimum atomic E-state index is -1.14. The van der Waals surface area contributed by atoms with Crippen LogP contribution < -0.4 is 5.32 Å². The van der Waals surface area contributed by atoms with Gasteiger partial charge < -0.3 is 15.3 Å². The van der Waals surface area contributed by atoms with E-state index in [2.05, 4.69) is 21.2 Å². The van der Waals surface area contributed by atoms with Crippen molar-refractivity contribution in [3.05, 3.63) is 28.5 Å². The number of hydrogen-bond donors (Lipinski definition) is 2. The minimum absolute atomic E-state index is 0.0165. The van der Waals surface area contributed by atoms with Gasteiger partial charge in [0.15, 0.2) is 0 Å². The first-order valence-electron chi connectivity index (χ1n) is 5.87. The molecule has 2 N–H and O–H groups in total. The Morgan fingerprint density at radius 3 is 2.45 bits per heavy atom. The molecular weight excluding hydrogens is 331 g/mol. The van der Waals surface area contributed by atoms with Gasteiger partial charge in [0.1, 0.15) is 12.4 Å². The molecule has 0 aliphatic carbocycles. The number of halogens is 2. The van der Waals surface area contributed by atoms with Crippen LogP contribution in [-0.4, -0.2) is 34.1 Å². The van der Waals surface area contributed by atoms with Crippen molar-refractivity contribution in [1.29, 1.82) is 0 Å². The summed E-state index contributed by atoms with van der Waals surface area (Å²) in [5.74, 6) is -1.74. The number of amides is 2. The van der Waals surface area contributed by atoms with Gasteiger partial charge in [-0.2, -0.15) is 0 Å². The van der Waals surface area contributed by atoms with E-state index in [-0.39, 0.29) is 5.69 Å². The lowest BCUT2D eigenvalue weighted by Crippen LogP contribution is -2.50. The molecule has 1 rings (SSSR count). The second kappa shape index (κ2) is 6.21. The SMILES string of the molecule is CC(C)(C)N(CC(=O)O)C(=O)Nc1c(F)cccc1Br. The van der Waals surface area contributed by atoms with E-state index in [1.54, 1.807) is 26.8 Å². The lowest BCUT2D eigenvalue weighted by molar-refractivity contribution is -0.138. The van der Waals surface area contributed by atoms with Gasteiger partial charge in [-0.25, -0.2) is 9.18 Å². The number of aliphatic carboxylic acids is 1. The molecule has 0 atom stereocenters. The second-order valence-electron chi connectivity index (χ2n) is 5.18. The van der Waals surface area contributed by atoms with Crippen LogP contribution in [0, 0.1) is 5.82 Å². The predicted octanol–water partition coefficient (Wildman–Crippen LogP) is 3.31. The van der Waals surface area contributed by atoms with Gasteiger partial charge in [0, 0.05) is 10.0 Å². The van der Waals surface area contributed by atoms with E-state index in [0.29, 0.717) is 4.47 Å². The zero-order valence-electron chi connectivity index (χ0n) is 11.4. The van der Waals surface area contributed by atoms with Crippen LogP contribution in [0.2, 0.25) is 0 Å². The predicted molar refractivity (Wildman–Crippen MR) is 77.2 cm³/mol. The molecule has 0 fully saturated rings. The summed E-state index contributed by atoms with van der Waals surface area (Å²) in [4.78, 5) is 24.1. The molecule has 0 spiro atoms. The van der Waals surface area contributed by atoms with Gasteiger partial charge in [-0.15, -0.1) is 0 Å². The van der Waals surface area contributed by atoms with Gasteiger partial charge in [0.2, 0.25) is 0 Å². The van der Waals surface area contributed by atoms with Gasteiger partial charge in [-0.3, -0.25) is 4.79 Å². The van der Waals surface area contributed by atoms with Crippen molar-refractivity contribution >= 4 is 33.6 Å². The normalized spacial score (nSPS) is 11.1. The molecule has 0 aliphatic rings. The monoisotopic (exact) mass is 346 g/mol. The topological polar surface area (TPSA) is 69.6 Å². The van der Waals surface area contributed by atoms with Crippen molar-refractivity contribution in [2.24, 2.45) is 0 Å². The van der Waals surface area contributed by atoms with Gasteiger partial charge in [-0.05, 0) is 48.8 Å². The average molecular weight is 347 g/mol. The third-order valence-electron chi connectivity index (χ3n) is 2.54. The van der Waals surface area contributed by atoms with Crippen LogP contribution in [0.4, 0.5) is 14.9 Å². The van der Waals surface area contributed by atoms with Crippen LogP contribution in [0.5, 0.6) is 0 Å². The van der Waals surface area contributed by atoms with E-state index in [4.69, 9.17) is 5.11 Å². The maximum absolute atomic E-state index is 13.7. The maximum atomic E-state index is 13.7. The van der Waals surface area contributed by atoms with Crippen LogP contribution >= 0.6 is 15.9 Å². The number of rotatable bonds is 3. The number of nitrogens with zero attached hydrogens (tertiary/aromatic N) is 1. The number of carboxylic acid groups (broad SMARTS) is 1. The van der Waals surface area contributed by atoms with Crippen molar-refractivity contribution in [1.82, 2.24) is 4.90 Å². The smallest absolute Gasteiger partial charge is 0.323 e. The van der Waals surface area contributed by atoms with Gasteiger partial charge in [-0.1, -0.05) is 6.07 Å². The summed E-state index contributed by atoms with van der Waals surface area (Å²) in [6.45, 7) is 4.63. The molecular formula is C13H16BrFN2O3. The molecule has 0 unspecified atom stereocenters. The maximum Gasteiger partial charge on any atom is 0.323 e. The molecule has 0 aromatic heterocycles. The summed E-state index contributed by atoms with van der Waals surface area (Å²) in [5, 5.41) is 11.3. The Morgan fingerprint density at radius 2 is 2.00 bits per heavy atom. The number of hydrogen-bond acceptors (Lipinski definition) is 2. The Hall–Kier alpha value is -1.63. The van der Waals surface area contributed by atoms with E-state index in [9.17, 15) is 14.0 Å². The number of carboxylic acids is 1. The molecule has 2 amide bonds. The van der Waals surface area contributed by atoms with E-state index in [1.807, 2.05) is 0 Å². The summed E-state index contributed by atoms with van der Waals surface area (Å²) >= 11 is 3.14. The number of nitrogens with one attached hydrogen (secondary N) is 1. The van der Waals surface area contributed by atoms with E-state index >= 15 is 0 Å². The number of anilines is 1. The van der Waals surface area contributed by atoms with Crippen molar-refractivity contribution in [2.45, 2.75) is 26.3 Å². The fourth-order valence-corrected chi connectivity index (χ4v) is 1.98. The Labute approximate surface area is 124 Å². The van der Waals surface area contributed by atoms with E-state index < -0.39 is 29.9 Å². The highest BCUT2D eigenvalue weighted by Gasteiger charge is 2.29. The lowest BCUT2D eigenvalue weighted by atomic mass is 10.1. The molecule has 5 nitrogen and oxygen atoms in total. The van der Waals surface area contributed by atoms with Crippen LogP contribution in [0.15, 0.2) is 22.7 Å². The third-order valence-corrected chi connectivity index (χ3v) is 3.20. The summed E-state index contributed by atoms with van der Waals surface area (Å²) in [5.41, 5.74) is -0.725. The molecule has 0 aliphatic heterocycles. The van der Waals surface area contributed by atoms with E-state index in [1.165, 1.54) is 12.1 Å². The number of benzene rings is 1. The zero-order valence-corrected chi connectivity index (χ0v) is 13.0. The first-order valence-corrected chi connectivity index (χ1v) is 6.66. The minimum Gasteiger partial charge on any atom is -0.480 e. The summed E-state index contributed by atoms with van der Waals surface area (Å²) in [6, 6.07) is 3.61. The molecule has 0 radical (unpaired) electrons. The van der Waals surface area contributed by atoms with Crippen LogP contribution in [0.1, 0.15) is 20.8 Å². The molecule has 1 aromatic carbocycles. The highest BCUT2D eigenvalue weighted by atomic mass is 79.9. The summed E-state index contributed by atoms with van der Waals surface area (Å²) in [6.07, 6.45) is 0. The quantitative estimate of drug-likeness (QED) is 0.881. The fraction of sp³-hybridized carbons (Fsp3) is 0.385. The van der Waals surface area contributed by atoms with Crippen LogP contribution in [0.25, 0.3) is 0 Å². The molecule has 0 saturated heterocycles.